The van der Waals surface area contributed by atoms with E-state index in [1.54, 1.807) is 0 Å². The highest BCUT2D eigenvalue weighted by Crippen LogP contribution is 2.41. The number of nitrogens with two attached hydrogens (primary N) is 1. The van der Waals surface area contributed by atoms with Crippen LogP contribution in [0.1, 0.15) is 30.4 Å². The standard InChI is InChI=1S/C12H16FN/c1-9-2-4-10(5-3-9)12(13)7-6-11(14)8-12/h2-5,11H,6-8,14H2,1H3. The fraction of sp³-hybridized carbons (Fsp3) is 0.500. The number of benzene rings is 1. The molecule has 0 saturated heterocycles. The maximum Gasteiger partial charge on any atom is 0.137 e. The molecule has 1 aromatic rings. The molecule has 0 heterocycles. The lowest BCUT2D eigenvalue weighted by atomic mass is 9.93. The van der Waals surface area contributed by atoms with Crippen LogP contribution < -0.4 is 5.73 Å². The Morgan fingerprint density at radius 2 is 2.00 bits per heavy atom. The van der Waals surface area contributed by atoms with Crippen molar-refractivity contribution < 1.29 is 4.39 Å². The van der Waals surface area contributed by atoms with Crippen LogP contribution in [0.4, 0.5) is 4.39 Å². The van der Waals surface area contributed by atoms with Gasteiger partial charge in [0.2, 0.25) is 0 Å². The Labute approximate surface area is 84.1 Å². The SMILES string of the molecule is Cc1ccc(C2(F)CCC(N)C2)cc1. The van der Waals surface area contributed by atoms with E-state index in [9.17, 15) is 4.39 Å². The van der Waals surface area contributed by atoms with E-state index in [-0.39, 0.29) is 6.04 Å². The summed E-state index contributed by atoms with van der Waals surface area (Å²) in [5.74, 6) is 0. The molecule has 0 aliphatic heterocycles. The van der Waals surface area contributed by atoms with Crippen molar-refractivity contribution in [1.29, 1.82) is 0 Å². The quantitative estimate of drug-likeness (QED) is 0.729. The largest absolute Gasteiger partial charge is 0.328 e. The summed E-state index contributed by atoms with van der Waals surface area (Å²) in [6.45, 7) is 2.01. The van der Waals surface area contributed by atoms with Crippen LogP contribution in [0.5, 0.6) is 0 Å². The third kappa shape index (κ3) is 1.67. The summed E-state index contributed by atoms with van der Waals surface area (Å²) in [6.07, 6.45) is 1.83. The van der Waals surface area contributed by atoms with E-state index < -0.39 is 5.67 Å². The Balaban J connectivity index is 2.26. The molecular formula is C12H16FN. The van der Waals surface area contributed by atoms with E-state index in [1.807, 2.05) is 31.2 Å². The third-order valence-corrected chi connectivity index (χ3v) is 3.07. The Morgan fingerprint density at radius 3 is 2.50 bits per heavy atom. The predicted octanol–water partition coefficient (Wildman–Crippen LogP) is 2.67. The van der Waals surface area contributed by atoms with Gasteiger partial charge in [0.1, 0.15) is 5.67 Å². The van der Waals surface area contributed by atoms with E-state index in [4.69, 9.17) is 5.73 Å². The van der Waals surface area contributed by atoms with Crippen molar-refractivity contribution in [3.8, 4) is 0 Å². The number of rotatable bonds is 1. The summed E-state index contributed by atoms with van der Waals surface area (Å²) < 4.78 is 14.3. The van der Waals surface area contributed by atoms with Crippen LogP contribution in [0.3, 0.4) is 0 Å². The second-order valence-corrected chi connectivity index (χ2v) is 4.33. The molecule has 1 aliphatic rings. The van der Waals surface area contributed by atoms with Gasteiger partial charge >= 0.3 is 0 Å². The second kappa shape index (κ2) is 3.35. The van der Waals surface area contributed by atoms with Crippen LogP contribution in [0, 0.1) is 6.92 Å². The number of hydrogen-bond acceptors (Lipinski definition) is 1. The van der Waals surface area contributed by atoms with Crippen LogP contribution in [0.2, 0.25) is 0 Å². The first-order chi connectivity index (χ1) is 6.60. The average molecular weight is 193 g/mol. The van der Waals surface area contributed by atoms with Crippen LogP contribution in [-0.2, 0) is 5.67 Å². The van der Waals surface area contributed by atoms with Crippen LogP contribution >= 0.6 is 0 Å². The van der Waals surface area contributed by atoms with Gasteiger partial charge in [0, 0.05) is 12.5 Å². The van der Waals surface area contributed by atoms with E-state index in [1.165, 1.54) is 5.56 Å². The van der Waals surface area contributed by atoms with Gasteiger partial charge in [-0.3, -0.25) is 0 Å². The molecule has 1 nitrogen and oxygen atoms in total. The molecule has 2 rings (SSSR count). The molecule has 0 aromatic heterocycles. The highest BCUT2D eigenvalue weighted by molar-refractivity contribution is 5.27. The Bertz CT molecular complexity index is 320. The van der Waals surface area contributed by atoms with Gasteiger partial charge in [0.15, 0.2) is 0 Å². The molecule has 1 fully saturated rings. The Hall–Kier alpha value is -0.890. The first kappa shape index (κ1) is 9.66. The first-order valence-electron chi connectivity index (χ1n) is 5.12. The minimum absolute atomic E-state index is 0.0290. The molecule has 1 aromatic carbocycles. The monoisotopic (exact) mass is 193 g/mol. The fourth-order valence-corrected chi connectivity index (χ4v) is 2.15. The summed E-state index contributed by atoms with van der Waals surface area (Å²) in [6, 6.07) is 7.71. The zero-order valence-electron chi connectivity index (χ0n) is 8.46. The van der Waals surface area contributed by atoms with Crippen molar-refractivity contribution in [2.75, 3.05) is 0 Å². The number of alkyl halides is 1. The van der Waals surface area contributed by atoms with E-state index in [0.717, 1.165) is 12.0 Å². The van der Waals surface area contributed by atoms with E-state index >= 15 is 0 Å². The van der Waals surface area contributed by atoms with Crippen molar-refractivity contribution in [3.63, 3.8) is 0 Å². The third-order valence-electron chi connectivity index (χ3n) is 3.07. The van der Waals surface area contributed by atoms with Gasteiger partial charge in [-0.15, -0.1) is 0 Å². The van der Waals surface area contributed by atoms with Crippen molar-refractivity contribution in [2.45, 2.75) is 37.9 Å². The first-order valence-corrected chi connectivity index (χ1v) is 5.12. The highest BCUT2D eigenvalue weighted by atomic mass is 19.1. The number of halogens is 1. The van der Waals surface area contributed by atoms with E-state index in [0.29, 0.717) is 12.8 Å². The Kier molecular flexibility index (Phi) is 2.31. The van der Waals surface area contributed by atoms with Crippen LogP contribution in [0.25, 0.3) is 0 Å². The molecule has 14 heavy (non-hydrogen) atoms. The maximum absolute atomic E-state index is 14.3. The molecule has 1 saturated carbocycles. The van der Waals surface area contributed by atoms with Crippen molar-refractivity contribution in [2.24, 2.45) is 5.73 Å². The molecule has 2 heteroatoms. The number of aryl methyl sites for hydroxylation is 1. The van der Waals surface area contributed by atoms with E-state index in [2.05, 4.69) is 0 Å². The molecule has 0 bridgehead atoms. The number of hydrogen-bond donors (Lipinski definition) is 1. The second-order valence-electron chi connectivity index (χ2n) is 4.33. The lowest BCUT2D eigenvalue weighted by Crippen LogP contribution is -2.21. The molecule has 0 radical (unpaired) electrons. The molecule has 2 N–H and O–H groups in total. The van der Waals surface area contributed by atoms with Crippen molar-refractivity contribution in [1.82, 2.24) is 0 Å². The lowest BCUT2D eigenvalue weighted by molar-refractivity contribution is 0.172. The smallest absolute Gasteiger partial charge is 0.137 e. The van der Waals surface area contributed by atoms with Crippen molar-refractivity contribution >= 4 is 0 Å². The molecule has 1 aliphatic carbocycles. The van der Waals surface area contributed by atoms with Gasteiger partial charge in [-0.05, 0) is 25.3 Å². The summed E-state index contributed by atoms with van der Waals surface area (Å²) in [7, 11) is 0. The van der Waals surface area contributed by atoms with Gasteiger partial charge < -0.3 is 5.73 Å². The highest BCUT2D eigenvalue weighted by Gasteiger charge is 2.39. The topological polar surface area (TPSA) is 26.0 Å². The lowest BCUT2D eigenvalue weighted by Gasteiger charge is -2.19. The Morgan fingerprint density at radius 1 is 1.36 bits per heavy atom. The summed E-state index contributed by atoms with van der Waals surface area (Å²) in [5, 5.41) is 0. The van der Waals surface area contributed by atoms with Gasteiger partial charge in [-0.25, -0.2) is 4.39 Å². The summed E-state index contributed by atoms with van der Waals surface area (Å²) in [4.78, 5) is 0. The van der Waals surface area contributed by atoms with Crippen LogP contribution in [-0.4, -0.2) is 6.04 Å². The van der Waals surface area contributed by atoms with Gasteiger partial charge in [0.25, 0.3) is 0 Å². The van der Waals surface area contributed by atoms with Gasteiger partial charge in [-0.2, -0.15) is 0 Å². The van der Waals surface area contributed by atoms with Gasteiger partial charge in [0.05, 0.1) is 0 Å². The zero-order chi connectivity index (χ0) is 10.2. The molecule has 76 valence electrons. The minimum atomic E-state index is -1.17. The zero-order valence-corrected chi connectivity index (χ0v) is 8.46. The fourth-order valence-electron chi connectivity index (χ4n) is 2.15. The van der Waals surface area contributed by atoms with Crippen LogP contribution in [0.15, 0.2) is 24.3 Å². The molecular weight excluding hydrogens is 177 g/mol. The molecule has 0 spiro atoms. The van der Waals surface area contributed by atoms with Gasteiger partial charge in [-0.1, -0.05) is 29.8 Å². The molecule has 2 unspecified atom stereocenters. The summed E-state index contributed by atoms with van der Waals surface area (Å²) in [5.41, 5.74) is 6.52. The average Bonchev–Trinajstić information content (AvgIpc) is 2.48. The van der Waals surface area contributed by atoms with Crippen molar-refractivity contribution in [3.05, 3.63) is 35.4 Å². The molecule has 2 atom stereocenters. The minimum Gasteiger partial charge on any atom is -0.328 e. The summed E-state index contributed by atoms with van der Waals surface area (Å²) >= 11 is 0. The normalized spacial score (nSPS) is 32.1. The molecule has 0 amide bonds. The predicted molar refractivity (Wildman–Crippen MR) is 55.8 cm³/mol. The maximum atomic E-state index is 14.3.